The molecule has 112 valence electrons. The van der Waals surface area contributed by atoms with Crippen LogP contribution in [0.4, 0.5) is 5.69 Å². The molecule has 0 fully saturated rings. The van der Waals surface area contributed by atoms with Gasteiger partial charge in [-0.05, 0) is 41.7 Å². The molecule has 1 nitrogen and oxygen atoms in total. The molecule has 0 aliphatic carbocycles. The molecule has 2 aromatic rings. The van der Waals surface area contributed by atoms with E-state index in [-0.39, 0.29) is 0 Å². The first-order valence-corrected chi connectivity index (χ1v) is 8.10. The number of rotatable bonds is 6. The Bertz CT molecular complexity index is 560. The Kier molecular flexibility index (Phi) is 5.69. The van der Waals surface area contributed by atoms with Crippen LogP contribution in [0.3, 0.4) is 0 Å². The smallest absolute Gasteiger partial charge is 0.0513 e. The highest BCUT2D eigenvalue weighted by atomic mass is 35.5. The van der Waals surface area contributed by atoms with Crippen molar-refractivity contribution in [2.45, 2.75) is 45.6 Å². The van der Waals surface area contributed by atoms with Crippen molar-refractivity contribution in [3.63, 3.8) is 0 Å². The molecule has 0 amide bonds. The van der Waals surface area contributed by atoms with Gasteiger partial charge < -0.3 is 5.32 Å². The molecule has 0 aromatic heterocycles. The average molecular weight is 302 g/mol. The van der Waals surface area contributed by atoms with E-state index in [1.165, 1.54) is 16.8 Å². The van der Waals surface area contributed by atoms with Crippen molar-refractivity contribution in [2.24, 2.45) is 0 Å². The Morgan fingerprint density at radius 1 is 1.00 bits per heavy atom. The van der Waals surface area contributed by atoms with Crippen molar-refractivity contribution in [3.8, 4) is 0 Å². The molecule has 0 aliphatic heterocycles. The maximum atomic E-state index is 6.00. The second-order valence-corrected chi connectivity index (χ2v) is 6.22. The molecule has 21 heavy (non-hydrogen) atoms. The molecule has 2 heteroatoms. The zero-order valence-corrected chi connectivity index (χ0v) is 13.8. The summed E-state index contributed by atoms with van der Waals surface area (Å²) in [4.78, 5) is 0. The maximum Gasteiger partial charge on any atom is 0.0513 e. The summed E-state index contributed by atoms with van der Waals surface area (Å²) in [5.74, 6) is 0.515. The molecule has 1 atom stereocenters. The standard InChI is InChI=1S/C19H24ClN/c1-4-7-18(15-10-12-16(20)13-11-15)21-19-9-6-5-8-17(19)14(2)3/h5-6,8-14,18,21H,4,7H2,1-3H3. The largest absolute Gasteiger partial charge is 0.378 e. The van der Waals surface area contributed by atoms with Gasteiger partial charge >= 0.3 is 0 Å². The fraction of sp³-hybridized carbons (Fsp3) is 0.368. The van der Waals surface area contributed by atoms with E-state index in [1.54, 1.807) is 0 Å². The molecule has 0 saturated carbocycles. The van der Waals surface area contributed by atoms with E-state index >= 15 is 0 Å². The number of hydrogen-bond acceptors (Lipinski definition) is 1. The first-order chi connectivity index (χ1) is 10.1. The first kappa shape index (κ1) is 15.9. The Morgan fingerprint density at radius 2 is 1.67 bits per heavy atom. The minimum absolute atomic E-state index is 0.326. The summed E-state index contributed by atoms with van der Waals surface area (Å²) in [7, 11) is 0. The summed E-state index contributed by atoms with van der Waals surface area (Å²) >= 11 is 6.00. The van der Waals surface area contributed by atoms with E-state index in [9.17, 15) is 0 Å². The van der Waals surface area contributed by atoms with Gasteiger partial charge in [-0.1, -0.05) is 69.1 Å². The predicted octanol–water partition coefficient (Wildman–Crippen LogP) is 6.42. The van der Waals surface area contributed by atoms with Crippen LogP contribution in [0.2, 0.25) is 5.02 Å². The van der Waals surface area contributed by atoms with E-state index in [4.69, 9.17) is 11.6 Å². The first-order valence-electron chi connectivity index (χ1n) is 7.72. The van der Waals surface area contributed by atoms with Gasteiger partial charge in [-0.3, -0.25) is 0 Å². The van der Waals surface area contributed by atoms with Crippen LogP contribution in [0.15, 0.2) is 48.5 Å². The third-order valence-electron chi connectivity index (χ3n) is 3.76. The Balaban J connectivity index is 2.26. The van der Waals surface area contributed by atoms with Gasteiger partial charge in [0.15, 0.2) is 0 Å². The third-order valence-corrected chi connectivity index (χ3v) is 4.01. The fourth-order valence-electron chi connectivity index (χ4n) is 2.63. The van der Waals surface area contributed by atoms with Gasteiger partial charge in [-0.25, -0.2) is 0 Å². The molecule has 0 saturated heterocycles. The number of halogens is 1. The molecule has 2 aromatic carbocycles. The van der Waals surface area contributed by atoms with Gasteiger partial charge in [0.05, 0.1) is 6.04 Å². The van der Waals surface area contributed by atoms with Crippen LogP contribution < -0.4 is 5.32 Å². The molecule has 1 N–H and O–H groups in total. The van der Waals surface area contributed by atoms with Crippen molar-refractivity contribution >= 4 is 17.3 Å². The van der Waals surface area contributed by atoms with Gasteiger partial charge in [0, 0.05) is 10.7 Å². The third kappa shape index (κ3) is 4.25. The summed E-state index contributed by atoms with van der Waals surface area (Å²) in [6, 6.07) is 17.1. The lowest BCUT2D eigenvalue weighted by Crippen LogP contribution is -2.12. The van der Waals surface area contributed by atoms with E-state index in [0.29, 0.717) is 12.0 Å². The van der Waals surface area contributed by atoms with Crippen molar-refractivity contribution in [2.75, 3.05) is 5.32 Å². The highest BCUT2D eigenvalue weighted by Crippen LogP contribution is 2.30. The van der Waals surface area contributed by atoms with Crippen LogP contribution in [0, 0.1) is 0 Å². The van der Waals surface area contributed by atoms with Gasteiger partial charge in [-0.2, -0.15) is 0 Å². The molecule has 0 spiro atoms. The van der Waals surface area contributed by atoms with E-state index in [0.717, 1.165) is 17.9 Å². The predicted molar refractivity (Wildman–Crippen MR) is 93.3 cm³/mol. The van der Waals surface area contributed by atoms with Crippen LogP contribution in [0.1, 0.15) is 56.7 Å². The number of hydrogen-bond donors (Lipinski definition) is 1. The van der Waals surface area contributed by atoms with Gasteiger partial charge in [0.1, 0.15) is 0 Å². The minimum atomic E-state index is 0.326. The van der Waals surface area contributed by atoms with Crippen LogP contribution in [-0.2, 0) is 0 Å². The Labute approximate surface area is 133 Å². The molecule has 1 unspecified atom stereocenters. The number of para-hydroxylation sites is 1. The molecule has 0 radical (unpaired) electrons. The van der Waals surface area contributed by atoms with Crippen LogP contribution in [-0.4, -0.2) is 0 Å². The van der Waals surface area contributed by atoms with E-state index in [1.807, 2.05) is 12.1 Å². The van der Waals surface area contributed by atoms with Crippen molar-refractivity contribution in [1.29, 1.82) is 0 Å². The second-order valence-electron chi connectivity index (χ2n) is 5.78. The van der Waals surface area contributed by atoms with Gasteiger partial charge in [0.2, 0.25) is 0 Å². The summed E-state index contributed by atoms with van der Waals surface area (Å²) in [6.07, 6.45) is 2.25. The molecule has 0 aliphatic rings. The van der Waals surface area contributed by atoms with Gasteiger partial charge in [-0.15, -0.1) is 0 Å². The summed E-state index contributed by atoms with van der Waals surface area (Å²) in [6.45, 7) is 6.69. The Hall–Kier alpha value is -1.47. The van der Waals surface area contributed by atoms with E-state index in [2.05, 4.69) is 62.5 Å². The average Bonchev–Trinajstić information content (AvgIpc) is 2.48. The lowest BCUT2D eigenvalue weighted by atomic mass is 9.98. The number of nitrogens with one attached hydrogen (secondary N) is 1. The quantitative estimate of drug-likeness (QED) is 0.649. The summed E-state index contributed by atoms with van der Waals surface area (Å²) in [5.41, 5.74) is 3.90. The maximum absolute atomic E-state index is 6.00. The highest BCUT2D eigenvalue weighted by molar-refractivity contribution is 6.30. The zero-order valence-electron chi connectivity index (χ0n) is 13.1. The monoisotopic (exact) mass is 301 g/mol. The summed E-state index contributed by atoms with van der Waals surface area (Å²) < 4.78 is 0. The number of anilines is 1. The van der Waals surface area contributed by atoms with Crippen molar-refractivity contribution in [3.05, 3.63) is 64.7 Å². The SMILES string of the molecule is CCCC(Nc1ccccc1C(C)C)c1ccc(Cl)cc1. The Morgan fingerprint density at radius 3 is 2.29 bits per heavy atom. The molecule has 0 heterocycles. The number of benzene rings is 2. The van der Waals surface area contributed by atoms with Crippen LogP contribution in [0.25, 0.3) is 0 Å². The normalized spacial score (nSPS) is 12.4. The van der Waals surface area contributed by atoms with Crippen molar-refractivity contribution < 1.29 is 0 Å². The second kappa shape index (κ2) is 7.51. The molecule has 0 bridgehead atoms. The van der Waals surface area contributed by atoms with Crippen molar-refractivity contribution in [1.82, 2.24) is 0 Å². The van der Waals surface area contributed by atoms with Crippen LogP contribution in [0.5, 0.6) is 0 Å². The van der Waals surface area contributed by atoms with E-state index < -0.39 is 0 Å². The fourth-order valence-corrected chi connectivity index (χ4v) is 2.75. The zero-order chi connectivity index (χ0) is 15.2. The van der Waals surface area contributed by atoms with Gasteiger partial charge in [0.25, 0.3) is 0 Å². The molecular formula is C19H24ClN. The highest BCUT2D eigenvalue weighted by Gasteiger charge is 2.13. The molecular weight excluding hydrogens is 278 g/mol. The minimum Gasteiger partial charge on any atom is -0.378 e. The molecule has 2 rings (SSSR count). The lowest BCUT2D eigenvalue weighted by Gasteiger charge is -2.23. The lowest BCUT2D eigenvalue weighted by molar-refractivity contribution is 0.675. The topological polar surface area (TPSA) is 12.0 Å². The van der Waals surface area contributed by atoms with Crippen LogP contribution >= 0.6 is 11.6 Å². The summed E-state index contributed by atoms with van der Waals surface area (Å²) in [5, 5.41) is 4.51.